The quantitative estimate of drug-likeness (QED) is 0.447. The van der Waals surface area contributed by atoms with Crippen LogP contribution in [0, 0.1) is 16.7 Å². The van der Waals surface area contributed by atoms with Gasteiger partial charge in [0.15, 0.2) is 0 Å². The molecule has 0 aromatic rings. The van der Waals surface area contributed by atoms with Crippen molar-refractivity contribution in [1.82, 2.24) is 0 Å². The molecule has 0 aliphatic carbocycles. The summed E-state index contributed by atoms with van der Waals surface area (Å²) >= 11 is 0. The molecule has 1 aliphatic heterocycles. The predicted molar refractivity (Wildman–Crippen MR) is 126 cm³/mol. The van der Waals surface area contributed by atoms with Crippen molar-refractivity contribution in [1.29, 1.82) is 0 Å². The van der Waals surface area contributed by atoms with E-state index in [0.29, 0.717) is 5.78 Å². The fourth-order valence-corrected chi connectivity index (χ4v) is 2.19. The zero-order chi connectivity index (χ0) is 23.3. The van der Waals surface area contributed by atoms with E-state index in [1.165, 1.54) is 24.0 Å². The number of rotatable bonds is 5. The molecule has 0 bridgehead atoms. The Balaban J connectivity index is 0. The minimum atomic E-state index is -0.240. The second kappa shape index (κ2) is 14.7. The third-order valence-corrected chi connectivity index (χ3v) is 4.61. The normalized spacial score (nSPS) is 13.5. The van der Waals surface area contributed by atoms with Crippen LogP contribution in [0.15, 0.2) is 23.3 Å². The highest BCUT2D eigenvalue weighted by Crippen LogP contribution is 2.26. The van der Waals surface area contributed by atoms with Crippen molar-refractivity contribution in [2.45, 2.75) is 102 Å². The number of hydrogen-bond acceptors (Lipinski definition) is 3. The van der Waals surface area contributed by atoms with Gasteiger partial charge < -0.3 is 4.74 Å². The highest BCUT2D eigenvalue weighted by molar-refractivity contribution is 5.86. The van der Waals surface area contributed by atoms with Gasteiger partial charge >= 0.3 is 0 Å². The van der Waals surface area contributed by atoms with Gasteiger partial charge in [0.05, 0.1) is 0 Å². The molecule has 1 fully saturated rings. The lowest BCUT2D eigenvalue weighted by Gasteiger charge is -2.23. The highest BCUT2D eigenvalue weighted by Gasteiger charge is 2.28. The first-order valence-electron chi connectivity index (χ1n) is 11.0. The lowest BCUT2D eigenvalue weighted by atomic mass is 9.80. The average Bonchev–Trinajstić information content (AvgIpc) is 3.12. The molecule has 0 amide bonds. The van der Waals surface area contributed by atoms with Crippen LogP contribution in [-0.2, 0) is 14.3 Å². The van der Waals surface area contributed by atoms with E-state index in [4.69, 9.17) is 4.74 Å². The zero-order valence-electron chi connectivity index (χ0n) is 21.2. The number of carbonyl (C=O) groups is 2. The smallest absolute Gasteiger partial charge is 0.141 e. The third kappa shape index (κ3) is 18.5. The molecule has 3 heteroatoms. The lowest BCUT2D eigenvalue weighted by Crippen LogP contribution is -2.28. The van der Waals surface area contributed by atoms with Crippen molar-refractivity contribution in [3.63, 3.8) is 0 Å². The first-order chi connectivity index (χ1) is 13.1. The van der Waals surface area contributed by atoms with Crippen molar-refractivity contribution in [2.75, 3.05) is 13.2 Å². The van der Waals surface area contributed by atoms with Crippen molar-refractivity contribution in [3.05, 3.63) is 23.3 Å². The molecule has 0 spiro atoms. The van der Waals surface area contributed by atoms with Crippen LogP contribution in [0.25, 0.3) is 0 Å². The molecule has 0 aromatic carbocycles. The Labute approximate surface area is 181 Å². The maximum atomic E-state index is 12.3. The topological polar surface area (TPSA) is 43.4 Å². The van der Waals surface area contributed by atoms with Gasteiger partial charge in [0.25, 0.3) is 0 Å². The molecule has 1 heterocycles. The summed E-state index contributed by atoms with van der Waals surface area (Å²) in [5.41, 5.74) is 2.19. The molecule has 0 atom stereocenters. The molecule has 0 aromatic heterocycles. The van der Waals surface area contributed by atoms with Gasteiger partial charge in [-0.3, -0.25) is 9.59 Å². The van der Waals surface area contributed by atoms with Gasteiger partial charge in [0, 0.05) is 30.0 Å². The summed E-state index contributed by atoms with van der Waals surface area (Å²) in [6.07, 6.45) is 8.63. The van der Waals surface area contributed by atoms with Crippen molar-refractivity contribution in [2.24, 2.45) is 16.7 Å². The number of ketones is 2. The Bertz CT molecular complexity index is 500. The fraction of sp³-hybridized carbons (Fsp3) is 0.769. The Morgan fingerprint density at radius 2 is 1.10 bits per heavy atom. The Morgan fingerprint density at radius 3 is 1.28 bits per heavy atom. The largest absolute Gasteiger partial charge is 0.381 e. The standard InChI is InChI=1S/C16H28O.C6H12O.C4H8O/c1-12(2)8-10-14(11-9-13(3)4)15(17)16(5,6)7;1-5(7)6(2,3)4;1-2-4-5-3-1/h8-9,14H,10-11H2,1-7H3;1-4H3;1-4H2. The first-order valence-corrected chi connectivity index (χ1v) is 11.0. The van der Waals surface area contributed by atoms with Crippen LogP contribution >= 0.6 is 0 Å². The molecular formula is C26H48O3. The molecule has 1 saturated heterocycles. The van der Waals surface area contributed by atoms with Gasteiger partial charge in [-0.25, -0.2) is 0 Å². The van der Waals surface area contributed by atoms with Gasteiger partial charge in [-0.1, -0.05) is 64.8 Å². The average molecular weight is 409 g/mol. The zero-order valence-corrected chi connectivity index (χ0v) is 21.2. The van der Waals surface area contributed by atoms with E-state index in [1.54, 1.807) is 6.92 Å². The van der Waals surface area contributed by atoms with Gasteiger partial charge in [-0.05, 0) is 60.3 Å². The molecule has 170 valence electrons. The minimum Gasteiger partial charge on any atom is -0.381 e. The summed E-state index contributed by atoms with van der Waals surface area (Å²) in [6, 6.07) is 0. The molecule has 0 saturated carbocycles. The predicted octanol–water partition coefficient (Wildman–Crippen LogP) is 7.35. The van der Waals surface area contributed by atoms with Gasteiger partial charge in [-0.2, -0.15) is 0 Å². The van der Waals surface area contributed by atoms with Crippen molar-refractivity contribution < 1.29 is 14.3 Å². The number of hydrogen-bond donors (Lipinski definition) is 0. The van der Waals surface area contributed by atoms with Crippen molar-refractivity contribution >= 4 is 11.6 Å². The molecule has 29 heavy (non-hydrogen) atoms. The second-order valence-corrected chi connectivity index (χ2v) is 10.5. The monoisotopic (exact) mass is 408 g/mol. The van der Waals surface area contributed by atoms with E-state index in [2.05, 4.69) is 39.8 Å². The maximum Gasteiger partial charge on any atom is 0.141 e. The van der Waals surface area contributed by atoms with E-state index in [-0.39, 0.29) is 22.5 Å². The summed E-state index contributed by atoms with van der Waals surface area (Å²) in [5.74, 6) is 0.736. The number of Topliss-reactive ketones (excluding diaryl/α,β-unsaturated/α-hetero) is 2. The summed E-state index contributed by atoms with van der Waals surface area (Å²) in [7, 11) is 0. The van der Waals surface area contributed by atoms with E-state index in [9.17, 15) is 9.59 Å². The third-order valence-electron chi connectivity index (χ3n) is 4.61. The molecule has 1 rings (SSSR count). The minimum absolute atomic E-state index is 0.125. The number of ether oxygens (including phenoxy) is 1. The Morgan fingerprint density at radius 1 is 0.759 bits per heavy atom. The summed E-state index contributed by atoms with van der Waals surface area (Å²) < 4.78 is 4.94. The molecular weight excluding hydrogens is 360 g/mol. The van der Waals surface area contributed by atoms with Crippen LogP contribution in [0.4, 0.5) is 0 Å². The summed E-state index contributed by atoms with van der Waals surface area (Å²) in [4.78, 5) is 22.8. The molecule has 0 N–H and O–H groups in total. The summed E-state index contributed by atoms with van der Waals surface area (Å²) in [6.45, 7) is 23.7. The van der Waals surface area contributed by atoms with Crippen LogP contribution in [0.2, 0.25) is 0 Å². The summed E-state index contributed by atoms with van der Waals surface area (Å²) in [5, 5.41) is 0. The SMILES string of the molecule is C1CCOC1.CC(=O)C(C)(C)C.CC(C)=CCC(CC=C(C)C)C(=O)C(C)(C)C. The van der Waals surface area contributed by atoms with E-state index >= 15 is 0 Å². The molecule has 3 nitrogen and oxygen atoms in total. The fourth-order valence-electron chi connectivity index (χ4n) is 2.19. The van der Waals surface area contributed by atoms with Crippen LogP contribution in [0.5, 0.6) is 0 Å². The van der Waals surface area contributed by atoms with Gasteiger partial charge in [-0.15, -0.1) is 0 Å². The van der Waals surface area contributed by atoms with E-state index < -0.39 is 0 Å². The van der Waals surface area contributed by atoms with E-state index in [0.717, 1.165) is 26.1 Å². The van der Waals surface area contributed by atoms with Gasteiger partial charge in [0.2, 0.25) is 0 Å². The molecule has 1 aliphatic rings. The Kier molecular flexibility index (Phi) is 15.2. The maximum absolute atomic E-state index is 12.3. The molecule has 0 radical (unpaired) electrons. The lowest BCUT2D eigenvalue weighted by molar-refractivity contribution is -0.130. The van der Waals surface area contributed by atoms with Gasteiger partial charge in [0.1, 0.15) is 11.6 Å². The molecule has 0 unspecified atom stereocenters. The van der Waals surface area contributed by atoms with E-state index in [1.807, 2.05) is 41.5 Å². The van der Waals surface area contributed by atoms with Crippen LogP contribution in [-0.4, -0.2) is 24.8 Å². The highest BCUT2D eigenvalue weighted by atomic mass is 16.5. The second-order valence-electron chi connectivity index (χ2n) is 10.5. The van der Waals surface area contributed by atoms with Crippen molar-refractivity contribution in [3.8, 4) is 0 Å². The number of carbonyl (C=O) groups excluding carboxylic acids is 2. The number of allylic oxidation sites excluding steroid dienone is 4. The van der Waals surface area contributed by atoms with Crippen LogP contribution in [0.3, 0.4) is 0 Å². The van der Waals surface area contributed by atoms with Crippen LogP contribution in [0.1, 0.15) is 102 Å². The first kappa shape index (κ1) is 30.0. The van der Waals surface area contributed by atoms with Crippen LogP contribution < -0.4 is 0 Å². The Hall–Kier alpha value is -1.22.